The summed E-state index contributed by atoms with van der Waals surface area (Å²) in [6.07, 6.45) is 0. The Morgan fingerprint density at radius 2 is 2.07 bits per heavy atom. The fourth-order valence-corrected chi connectivity index (χ4v) is 1.31. The van der Waals surface area contributed by atoms with E-state index in [0.717, 1.165) is 0 Å². The van der Waals surface area contributed by atoms with Crippen LogP contribution in [0, 0.1) is 0 Å². The van der Waals surface area contributed by atoms with Crippen molar-refractivity contribution < 1.29 is 18.0 Å². The van der Waals surface area contributed by atoms with Gasteiger partial charge in [-0.2, -0.15) is 13.2 Å². The van der Waals surface area contributed by atoms with Gasteiger partial charge in [-0.1, -0.05) is 0 Å². The second kappa shape index (κ2) is 6.95. The lowest BCUT2D eigenvalue weighted by atomic mass is 10.3. The lowest BCUT2D eigenvalue weighted by Crippen LogP contribution is -2.42. The highest BCUT2D eigenvalue weighted by Crippen LogP contribution is 2.29. The fraction of sp³-hybridized carbons (Fsp3) is 0.875. The summed E-state index contributed by atoms with van der Waals surface area (Å²) in [4.78, 5) is 11.1. The van der Waals surface area contributed by atoms with E-state index in [9.17, 15) is 18.0 Å². The highest BCUT2D eigenvalue weighted by atomic mass is 32.2. The van der Waals surface area contributed by atoms with E-state index in [4.69, 9.17) is 0 Å². The number of hydrogen-bond acceptors (Lipinski definition) is 3. The van der Waals surface area contributed by atoms with Gasteiger partial charge in [-0.25, -0.2) is 0 Å². The lowest BCUT2D eigenvalue weighted by molar-refractivity contribution is -0.122. The summed E-state index contributed by atoms with van der Waals surface area (Å²) in [6, 6.07) is -0.459. The Kier molecular flexibility index (Phi) is 6.75. The molecule has 3 nitrogen and oxygen atoms in total. The molecule has 2 N–H and O–H groups in total. The van der Waals surface area contributed by atoms with E-state index in [-0.39, 0.29) is 30.0 Å². The van der Waals surface area contributed by atoms with Crippen LogP contribution in [0.3, 0.4) is 0 Å². The average Bonchev–Trinajstić information content (AvgIpc) is 2.11. The van der Waals surface area contributed by atoms with Gasteiger partial charge in [-0.15, -0.1) is 0 Å². The van der Waals surface area contributed by atoms with Crippen LogP contribution in [0.5, 0.6) is 0 Å². The summed E-state index contributed by atoms with van der Waals surface area (Å²) in [5.41, 5.74) is -4.20. The van der Waals surface area contributed by atoms with Crippen LogP contribution in [0.1, 0.15) is 13.8 Å². The summed E-state index contributed by atoms with van der Waals surface area (Å²) in [6.45, 7) is 4.07. The molecule has 15 heavy (non-hydrogen) atoms. The van der Waals surface area contributed by atoms with Gasteiger partial charge in [-0.05, 0) is 25.6 Å². The Bertz CT molecular complexity index is 199. The van der Waals surface area contributed by atoms with Crippen molar-refractivity contribution in [3.05, 3.63) is 0 Å². The normalized spacial score (nSPS) is 13.7. The van der Waals surface area contributed by atoms with Gasteiger partial charge >= 0.3 is 5.51 Å². The third-order valence-corrected chi connectivity index (χ3v) is 2.30. The number of rotatable bonds is 6. The zero-order chi connectivity index (χ0) is 11.9. The van der Waals surface area contributed by atoms with Crippen molar-refractivity contribution in [3.8, 4) is 0 Å². The van der Waals surface area contributed by atoms with Crippen molar-refractivity contribution in [1.82, 2.24) is 10.6 Å². The Balaban J connectivity index is 3.55. The minimum atomic E-state index is -4.20. The number of alkyl halides is 3. The van der Waals surface area contributed by atoms with Crippen LogP contribution in [0.4, 0.5) is 13.2 Å². The zero-order valence-corrected chi connectivity index (χ0v) is 9.47. The number of nitrogens with one attached hydrogen (secondary N) is 2. The summed E-state index contributed by atoms with van der Waals surface area (Å²) in [5.74, 6) is -0.290. The van der Waals surface area contributed by atoms with Crippen LogP contribution in [0.2, 0.25) is 0 Å². The molecule has 0 aliphatic rings. The first-order valence-corrected chi connectivity index (χ1v) is 5.57. The molecule has 0 spiro atoms. The number of hydrogen-bond donors (Lipinski definition) is 2. The van der Waals surface area contributed by atoms with E-state index >= 15 is 0 Å². The van der Waals surface area contributed by atoms with Crippen molar-refractivity contribution in [1.29, 1.82) is 0 Å². The molecular weight excluding hydrogens is 229 g/mol. The third kappa shape index (κ3) is 8.56. The van der Waals surface area contributed by atoms with Crippen molar-refractivity contribution in [2.75, 3.05) is 18.8 Å². The van der Waals surface area contributed by atoms with E-state index < -0.39 is 11.6 Å². The number of thioether (sulfide) groups is 1. The Hall–Kier alpha value is -0.430. The topological polar surface area (TPSA) is 41.1 Å². The smallest absolute Gasteiger partial charge is 0.355 e. The second-order valence-corrected chi connectivity index (χ2v) is 4.02. The van der Waals surface area contributed by atoms with Crippen LogP contribution < -0.4 is 10.6 Å². The molecule has 0 aromatic rings. The Morgan fingerprint density at radius 1 is 1.47 bits per heavy atom. The summed E-state index contributed by atoms with van der Waals surface area (Å²) >= 11 is -0.0936. The third-order valence-electron chi connectivity index (χ3n) is 1.56. The van der Waals surface area contributed by atoms with Crippen LogP contribution >= 0.6 is 11.8 Å². The zero-order valence-electron chi connectivity index (χ0n) is 8.65. The first-order chi connectivity index (χ1) is 6.87. The van der Waals surface area contributed by atoms with Crippen LogP contribution in [-0.4, -0.2) is 36.3 Å². The monoisotopic (exact) mass is 244 g/mol. The molecule has 1 unspecified atom stereocenters. The number of carbonyl (C=O) groups is 1. The van der Waals surface area contributed by atoms with Crippen LogP contribution in [0.25, 0.3) is 0 Å². The Labute approximate surface area is 91.2 Å². The van der Waals surface area contributed by atoms with Gasteiger partial charge < -0.3 is 10.6 Å². The van der Waals surface area contributed by atoms with E-state index in [0.29, 0.717) is 6.54 Å². The van der Waals surface area contributed by atoms with E-state index in [2.05, 4.69) is 10.6 Å². The SMILES string of the molecule is CCNC(=O)C(C)NCCSC(F)(F)F. The maximum atomic E-state index is 11.7. The van der Waals surface area contributed by atoms with Crippen LogP contribution in [-0.2, 0) is 4.79 Å². The lowest BCUT2D eigenvalue weighted by Gasteiger charge is -2.13. The van der Waals surface area contributed by atoms with Gasteiger partial charge in [0.1, 0.15) is 0 Å². The molecule has 1 atom stereocenters. The molecule has 0 fully saturated rings. The predicted octanol–water partition coefficient (Wildman–Crippen LogP) is 1.35. The highest BCUT2D eigenvalue weighted by molar-refractivity contribution is 8.00. The number of carbonyl (C=O) groups excluding carboxylic acids is 1. The minimum absolute atomic E-state index is 0.0900. The standard InChI is InChI=1S/C8H15F3N2OS/c1-3-12-7(14)6(2)13-4-5-15-8(9,10)11/h6,13H,3-5H2,1-2H3,(H,12,14). The molecule has 0 aromatic heterocycles. The molecule has 7 heteroatoms. The first-order valence-electron chi connectivity index (χ1n) is 4.58. The predicted molar refractivity (Wildman–Crippen MR) is 54.7 cm³/mol. The van der Waals surface area contributed by atoms with Crippen molar-refractivity contribution >= 4 is 17.7 Å². The van der Waals surface area contributed by atoms with Gasteiger partial charge in [0, 0.05) is 18.8 Å². The number of likely N-dealkylation sites (N-methyl/N-ethyl adjacent to an activating group) is 1. The minimum Gasteiger partial charge on any atom is -0.355 e. The molecule has 0 bridgehead atoms. The molecule has 0 heterocycles. The Morgan fingerprint density at radius 3 is 2.53 bits per heavy atom. The van der Waals surface area contributed by atoms with E-state index in [1.807, 2.05) is 0 Å². The van der Waals surface area contributed by atoms with Crippen molar-refractivity contribution in [2.45, 2.75) is 25.4 Å². The molecular formula is C8H15F3N2OS. The van der Waals surface area contributed by atoms with Gasteiger partial charge in [-0.3, -0.25) is 4.79 Å². The van der Waals surface area contributed by atoms with Crippen LogP contribution in [0.15, 0.2) is 0 Å². The number of amides is 1. The second-order valence-electron chi connectivity index (χ2n) is 2.86. The highest BCUT2D eigenvalue weighted by Gasteiger charge is 2.27. The molecule has 0 saturated carbocycles. The molecule has 0 aliphatic heterocycles. The average molecular weight is 244 g/mol. The summed E-state index contributed by atoms with van der Waals surface area (Å²) in [7, 11) is 0. The quantitative estimate of drug-likeness (QED) is 0.693. The molecule has 90 valence electrons. The molecule has 0 aromatic carbocycles. The van der Waals surface area contributed by atoms with Gasteiger partial charge in [0.15, 0.2) is 0 Å². The molecule has 1 amide bonds. The fourth-order valence-electron chi connectivity index (χ4n) is 0.862. The summed E-state index contributed by atoms with van der Waals surface area (Å²) in [5, 5.41) is 5.28. The van der Waals surface area contributed by atoms with Gasteiger partial charge in [0.25, 0.3) is 0 Å². The van der Waals surface area contributed by atoms with Crippen molar-refractivity contribution in [2.24, 2.45) is 0 Å². The van der Waals surface area contributed by atoms with Gasteiger partial charge in [0.05, 0.1) is 6.04 Å². The first kappa shape index (κ1) is 14.6. The molecule has 0 saturated heterocycles. The largest absolute Gasteiger partial charge is 0.441 e. The summed E-state index contributed by atoms with van der Waals surface area (Å²) < 4.78 is 35.1. The van der Waals surface area contributed by atoms with E-state index in [1.165, 1.54) is 0 Å². The van der Waals surface area contributed by atoms with Crippen molar-refractivity contribution in [3.63, 3.8) is 0 Å². The maximum Gasteiger partial charge on any atom is 0.441 e. The number of halogens is 3. The molecule has 0 rings (SSSR count). The maximum absolute atomic E-state index is 11.7. The van der Waals surface area contributed by atoms with Gasteiger partial charge in [0.2, 0.25) is 5.91 Å². The molecule has 0 aliphatic carbocycles. The van der Waals surface area contributed by atoms with E-state index in [1.54, 1.807) is 13.8 Å². The molecule has 0 radical (unpaired) electrons.